The number of ether oxygens (including phenoxy) is 1. The summed E-state index contributed by atoms with van der Waals surface area (Å²) in [5.41, 5.74) is 7.61. The zero-order chi connectivity index (χ0) is 21.0. The second-order valence-corrected chi connectivity index (χ2v) is 8.06. The Morgan fingerprint density at radius 2 is 2.03 bits per heavy atom. The fourth-order valence-electron chi connectivity index (χ4n) is 2.72. The van der Waals surface area contributed by atoms with Crippen molar-refractivity contribution in [2.45, 2.75) is 11.4 Å². The maximum absolute atomic E-state index is 12.2. The monoisotopic (exact) mass is 495 g/mol. The van der Waals surface area contributed by atoms with Crippen molar-refractivity contribution in [3.63, 3.8) is 0 Å². The lowest BCUT2D eigenvalue weighted by Crippen LogP contribution is -2.25. The number of hydrogen-bond donors (Lipinski definition) is 1. The molecule has 0 saturated heterocycles. The fourth-order valence-corrected chi connectivity index (χ4v) is 4.21. The minimum absolute atomic E-state index is 0.0346. The molecule has 8 nitrogen and oxygen atoms in total. The van der Waals surface area contributed by atoms with Gasteiger partial charge in [0.1, 0.15) is 10.7 Å². The molecule has 1 amide bonds. The number of carbonyl (C=O) groups is 1. The van der Waals surface area contributed by atoms with Crippen molar-refractivity contribution in [3.8, 4) is 0 Å². The van der Waals surface area contributed by atoms with Crippen LogP contribution < -0.4 is 10.0 Å². The molecule has 0 saturated carbocycles. The van der Waals surface area contributed by atoms with Crippen LogP contribution in [0.25, 0.3) is 0 Å². The van der Waals surface area contributed by atoms with Crippen molar-refractivity contribution in [2.24, 2.45) is 5.73 Å². The number of hydrogen-bond acceptors (Lipinski definition) is 7. The number of rotatable bonds is 8. The Morgan fingerprint density at radius 3 is 2.66 bits per heavy atom. The number of halogens is 1. The second-order valence-electron chi connectivity index (χ2n) is 5.90. The normalized spacial score (nSPS) is 13.1. The van der Waals surface area contributed by atoms with Crippen molar-refractivity contribution >= 4 is 56.3 Å². The standard InChI is InChI=1S/C18H17BrN4O4S2/c1-27-16(19)12-7-8-13(17(20)24)15(10-12)23(29(25)26)18-14(21-28-22-18)9-11-5-3-2-4-6-11/h2-8,10,16H,9H2,1H3,(H2,20,24)(H,25,26)/p-1. The van der Waals surface area contributed by atoms with Crippen LogP contribution in [0.1, 0.15) is 32.2 Å². The number of anilines is 2. The predicted molar refractivity (Wildman–Crippen MR) is 114 cm³/mol. The molecule has 2 aromatic carbocycles. The minimum Gasteiger partial charge on any atom is -0.755 e. The van der Waals surface area contributed by atoms with E-state index in [1.165, 1.54) is 19.2 Å². The molecule has 0 bridgehead atoms. The molecule has 2 unspecified atom stereocenters. The number of carbonyl (C=O) groups excluding carboxylic acids is 1. The lowest BCUT2D eigenvalue weighted by molar-refractivity contribution is 0.100. The average Bonchev–Trinajstić information content (AvgIpc) is 3.15. The number of alkyl halides is 1. The van der Waals surface area contributed by atoms with Crippen LogP contribution in [0.5, 0.6) is 0 Å². The Kier molecular flexibility index (Phi) is 7.09. The Balaban J connectivity index is 2.11. The van der Waals surface area contributed by atoms with Gasteiger partial charge in [0, 0.05) is 13.5 Å². The molecule has 152 valence electrons. The van der Waals surface area contributed by atoms with Gasteiger partial charge in [-0.15, -0.1) is 0 Å². The molecule has 3 rings (SSSR count). The molecular formula is C18H16BrN4O4S2-. The maximum Gasteiger partial charge on any atom is 0.250 e. The van der Waals surface area contributed by atoms with E-state index in [9.17, 15) is 13.6 Å². The third-order valence-corrected chi connectivity index (χ3v) is 6.19. The summed E-state index contributed by atoms with van der Waals surface area (Å²) in [7, 11) is 1.49. The second kappa shape index (κ2) is 9.55. The van der Waals surface area contributed by atoms with E-state index >= 15 is 0 Å². The Morgan fingerprint density at radius 1 is 1.31 bits per heavy atom. The molecule has 0 aliphatic carbocycles. The molecule has 0 radical (unpaired) electrons. The number of nitrogens with two attached hydrogens (primary N) is 1. The van der Waals surface area contributed by atoms with E-state index in [2.05, 4.69) is 24.7 Å². The highest BCUT2D eigenvalue weighted by Crippen LogP contribution is 2.35. The number of methoxy groups -OCH3 is 1. The van der Waals surface area contributed by atoms with Crippen molar-refractivity contribution in [3.05, 3.63) is 70.9 Å². The quantitative estimate of drug-likeness (QED) is 0.378. The smallest absolute Gasteiger partial charge is 0.250 e. The molecule has 1 heterocycles. The Hall–Kier alpha value is -2.18. The summed E-state index contributed by atoms with van der Waals surface area (Å²) in [5, 5.41) is -0.498. The van der Waals surface area contributed by atoms with Crippen LogP contribution in [0, 0.1) is 0 Å². The lowest BCUT2D eigenvalue weighted by atomic mass is 10.1. The zero-order valence-corrected chi connectivity index (χ0v) is 18.4. The highest BCUT2D eigenvalue weighted by atomic mass is 79.9. The SMILES string of the molecule is COC(Br)c1ccc(C(N)=O)c(N(c2nsnc2Cc2ccccc2)S(=O)[O-])c1. The van der Waals surface area contributed by atoms with E-state index in [1.807, 2.05) is 30.3 Å². The van der Waals surface area contributed by atoms with Gasteiger partial charge in [-0.05, 0) is 23.3 Å². The van der Waals surface area contributed by atoms with Crippen LogP contribution in [0.2, 0.25) is 0 Å². The minimum atomic E-state index is -2.78. The molecule has 0 spiro atoms. The summed E-state index contributed by atoms with van der Waals surface area (Å²) < 4.78 is 39.0. The van der Waals surface area contributed by atoms with E-state index in [4.69, 9.17) is 10.5 Å². The first-order chi connectivity index (χ1) is 13.9. The largest absolute Gasteiger partial charge is 0.755 e. The van der Waals surface area contributed by atoms with Crippen molar-refractivity contribution in [2.75, 3.05) is 11.4 Å². The number of primary amides is 1. The highest BCUT2D eigenvalue weighted by molar-refractivity contribution is 9.09. The van der Waals surface area contributed by atoms with Crippen LogP contribution in [-0.4, -0.2) is 30.5 Å². The number of amides is 1. The fraction of sp³-hybridized carbons (Fsp3) is 0.167. The van der Waals surface area contributed by atoms with E-state index in [1.54, 1.807) is 6.07 Å². The molecule has 3 aromatic rings. The van der Waals surface area contributed by atoms with Gasteiger partial charge in [-0.3, -0.25) is 13.3 Å². The van der Waals surface area contributed by atoms with E-state index in [0.717, 1.165) is 21.6 Å². The van der Waals surface area contributed by atoms with Crippen molar-refractivity contribution < 1.29 is 18.3 Å². The van der Waals surface area contributed by atoms with Crippen LogP contribution in [0.3, 0.4) is 0 Å². The van der Waals surface area contributed by atoms with Crippen molar-refractivity contribution in [1.29, 1.82) is 0 Å². The van der Waals surface area contributed by atoms with Gasteiger partial charge in [-0.1, -0.05) is 52.3 Å². The van der Waals surface area contributed by atoms with Gasteiger partial charge in [-0.25, -0.2) is 0 Å². The number of nitrogens with zero attached hydrogens (tertiary/aromatic N) is 3. The topological polar surface area (TPSA) is 121 Å². The van der Waals surface area contributed by atoms with Crippen molar-refractivity contribution in [1.82, 2.24) is 8.75 Å². The Bertz CT molecular complexity index is 1030. The van der Waals surface area contributed by atoms with E-state index < -0.39 is 22.2 Å². The average molecular weight is 496 g/mol. The van der Waals surface area contributed by atoms with Gasteiger partial charge in [-0.2, -0.15) is 8.75 Å². The van der Waals surface area contributed by atoms with Crippen LogP contribution in [-0.2, 0) is 22.4 Å². The summed E-state index contributed by atoms with van der Waals surface area (Å²) >= 11 is 1.45. The van der Waals surface area contributed by atoms with Gasteiger partial charge in [0.05, 0.1) is 34.2 Å². The maximum atomic E-state index is 12.2. The predicted octanol–water partition coefficient (Wildman–Crippen LogP) is 3.20. The molecule has 0 fully saturated rings. The molecule has 2 N–H and O–H groups in total. The van der Waals surface area contributed by atoms with E-state index in [0.29, 0.717) is 17.7 Å². The van der Waals surface area contributed by atoms with Crippen LogP contribution in [0.4, 0.5) is 11.5 Å². The van der Waals surface area contributed by atoms with Crippen LogP contribution >= 0.6 is 27.7 Å². The van der Waals surface area contributed by atoms with Gasteiger partial charge >= 0.3 is 0 Å². The third kappa shape index (κ3) is 4.87. The molecule has 29 heavy (non-hydrogen) atoms. The summed E-state index contributed by atoms with van der Waals surface area (Å²) in [6, 6.07) is 14.1. The highest BCUT2D eigenvalue weighted by Gasteiger charge is 2.24. The first-order valence-electron chi connectivity index (χ1n) is 8.27. The summed E-state index contributed by atoms with van der Waals surface area (Å²) in [5.74, 6) is -0.645. The van der Waals surface area contributed by atoms with Gasteiger partial charge in [0.2, 0.25) is 0 Å². The Labute approximate surface area is 182 Å². The molecule has 0 aliphatic rings. The molecule has 2 atom stereocenters. The molecule has 11 heteroatoms. The number of benzene rings is 2. The summed E-state index contributed by atoms with van der Waals surface area (Å²) in [6.45, 7) is 0. The lowest BCUT2D eigenvalue weighted by Gasteiger charge is -2.27. The molecular weight excluding hydrogens is 480 g/mol. The van der Waals surface area contributed by atoms with Gasteiger partial charge in [0.25, 0.3) is 5.91 Å². The van der Waals surface area contributed by atoms with Gasteiger partial charge < -0.3 is 15.0 Å². The first kappa shape index (κ1) is 21.5. The number of aromatic nitrogens is 2. The molecule has 0 aliphatic heterocycles. The summed E-state index contributed by atoms with van der Waals surface area (Å²) in [4.78, 5) is 12.0. The molecule has 1 aromatic heterocycles. The first-order valence-corrected chi connectivity index (χ1v) is 11.0. The third-order valence-electron chi connectivity index (χ3n) is 4.07. The van der Waals surface area contributed by atoms with E-state index in [-0.39, 0.29) is 17.1 Å². The van der Waals surface area contributed by atoms with Gasteiger partial charge in [0.15, 0.2) is 5.82 Å². The summed E-state index contributed by atoms with van der Waals surface area (Å²) in [6.07, 6.45) is 0.380. The van der Waals surface area contributed by atoms with Crippen LogP contribution in [0.15, 0.2) is 48.5 Å². The zero-order valence-electron chi connectivity index (χ0n) is 15.1.